The second kappa shape index (κ2) is 11.3. The summed E-state index contributed by atoms with van der Waals surface area (Å²) in [5.41, 5.74) is 4.97. The van der Waals surface area contributed by atoms with Crippen molar-refractivity contribution in [2.24, 2.45) is 16.4 Å². The third-order valence-corrected chi connectivity index (χ3v) is 8.47. The van der Waals surface area contributed by atoms with E-state index in [4.69, 9.17) is 9.47 Å². The molecule has 1 aliphatic rings. The molecule has 0 unspecified atom stereocenters. The molecule has 0 bridgehead atoms. The van der Waals surface area contributed by atoms with Gasteiger partial charge in [0.1, 0.15) is 6.54 Å². The van der Waals surface area contributed by atoms with Gasteiger partial charge in [-0.05, 0) is 68.2 Å². The van der Waals surface area contributed by atoms with Crippen LogP contribution in [0.5, 0.6) is 11.5 Å². The Morgan fingerprint density at radius 2 is 1.64 bits per heavy atom. The third-order valence-electron chi connectivity index (χ3n) is 6.68. The summed E-state index contributed by atoms with van der Waals surface area (Å²) in [4.78, 5) is 13.0. The van der Waals surface area contributed by atoms with Crippen LogP contribution in [0.4, 0.5) is 5.69 Å². The maximum absolute atomic E-state index is 13.6. The van der Waals surface area contributed by atoms with Gasteiger partial charge in [0.25, 0.3) is 15.9 Å². The number of carbonyl (C=O) groups is 1. The highest BCUT2D eigenvalue weighted by atomic mass is 32.2. The van der Waals surface area contributed by atoms with E-state index in [9.17, 15) is 13.2 Å². The molecule has 0 aliphatic heterocycles. The Morgan fingerprint density at radius 3 is 2.19 bits per heavy atom. The Hall–Kier alpha value is -3.07. The number of aryl methyl sites for hydroxylation is 1. The van der Waals surface area contributed by atoms with E-state index in [1.54, 1.807) is 24.3 Å². The molecule has 2 aromatic rings. The molecule has 0 spiro atoms. The quantitative estimate of drug-likeness (QED) is 0.504. The summed E-state index contributed by atoms with van der Waals surface area (Å²) in [6.07, 6.45) is 3.70. The van der Waals surface area contributed by atoms with Crippen molar-refractivity contribution in [3.63, 3.8) is 0 Å². The summed E-state index contributed by atoms with van der Waals surface area (Å²) in [5, 5.41) is 4.32. The SMILES string of the molecule is COc1ccc(N(CC(=O)NN=C2CCC(C(C)(C)C)CC2)S(=O)(=O)c2ccc(C)cc2)cc1OC. The molecule has 1 aliphatic carbocycles. The molecule has 1 N–H and O–H groups in total. The average molecular weight is 516 g/mol. The van der Waals surface area contributed by atoms with Crippen LogP contribution in [0.3, 0.4) is 0 Å². The summed E-state index contributed by atoms with van der Waals surface area (Å²) in [7, 11) is -1.08. The molecule has 1 amide bonds. The summed E-state index contributed by atoms with van der Waals surface area (Å²) in [5.74, 6) is 0.907. The van der Waals surface area contributed by atoms with E-state index in [1.165, 1.54) is 32.4 Å². The number of nitrogens with zero attached hydrogens (tertiary/aromatic N) is 2. The van der Waals surface area contributed by atoms with Gasteiger partial charge in [-0.2, -0.15) is 5.10 Å². The number of methoxy groups -OCH3 is 2. The summed E-state index contributed by atoms with van der Waals surface area (Å²) < 4.78 is 38.9. The molecule has 0 atom stereocenters. The third kappa shape index (κ3) is 6.57. The molecule has 0 aromatic heterocycles. The van der Waals surface area contributed by atoms with Crippen molar-refractivity contribution >= 4 is 27.3 Å². The average Bonchev–Trinajstić information content (AvgIpc) is 2.85. The Kier molecular flexibility index (Phi) is 8.66. The number of rotatable bonds is 8. The molecule has 0 heterocycles. The minimum atomic E-state index is -4.05. The van der Waals surface area contributed by atoms with E-state index >= 15 is 0 Å². The lowest BCUT2D eigenvalue weighted by molar-refractivity contribution is -0.119. The summed E-state index contributed by atoms with van der Waals surface area (Å²) in [6, 6.07) is 11.2. The summed E-state index contributed by atoms with van der Waals surface area (Å²) >= 11 is 0. The van der Waals surface area contributed by atoms with Crippen molar-refractivity contribution in [2.75, 3.05) is 25.1 Å². The highest BCUT2D eigenvalue weighted by Gasteiger charge is 2.30. The van der Waals surface area contributed by atoms with Crippen molar-refractivity contribution in [2.45, 2.75) is 58.3 Å². The molecule has 1 fully saturated rings. The zero-order valence-electron chi connectivity index (χ0n) is 22.0. The first-order valence-electron chi connectivity index (χ1n) is 12.1. The van der Waals surface area contributed by atoms with E-state index in [1.807, 2.05) is 6.92 Å². The molecule has 0 radical (unpaired) electrons. The normalized spacial score (nSPS) is 16.3. The van der Waals surface area contributed by atoms with Crippen LogP contribution in [0.15, 0.2) is 52.5 Å². The van der Waals surface area contributed by atoms with Crippen molar-refractivity contribution in [3.8, 4) is 11.5 Å². The molecule has 9 heteroatoms. The largest absolute Gasteiger partial charge is 0.493 e. The van der Waals surface area contributed by atoms with E-state index in [0.29, 0.717) is 17.4 Å². The number of anilines is 1. The van der Waals surface area contributed by atoms with Gasteiger partial charge >= 0.3 is 0 Å². The van der Waals surface area contributed by atoms with E-state index in [0.717, 1.165) is 41.3 Å². The Labute approximate surface area is 214 Å². The van der Waals surface area contributed by atoms with Crippen molar-refractivity contribution in [1.82, 2.24) is 5.43 Å². The monoisotopic (exact) mass is 515 g/mol. The van der Waals surface area contributed by atoms with Gasteiger partial charge in [0, 0.05) is 11.8 Å². The Bertz CT molecular complexity index is 1190. The lowest BCUT2D eigenvalue weighted by atomic mass is 9.72. The number of nitrogens with one attached hydrogen (secondary N) is 1. The Morgan fingerprint density at radius 1 is 1.03 bits per heavy atom. The lowest BCUT2D eigenvalue weighted by Gasteiger charge is -2.34. The number of hydrazone groups is 1. The zero-order chi connectivity index (χ0) is 26.5. The number of amides is 1. The van der Waals surface area contributed by atoms with Crippen molar-refractivity contribution in [1.29, 1.82) is 0 Å². The second-order valence-corrected chi connectivity index (χ2v) is 12.1. The lowest BCUT2D eigenvalue weighted by Crippen LogP contribution is -2.40. The first kappa shape index (κ1) is 27.5. The van der Waals surface area contributed by atoms with Crippen LogP contribution >= 0.6 is 0 Å². The fourth-order valence-electron chi connectivity index (χ4n) is 4.37. The van der Waals surface area contributed by atoms with Crippen LogP contribution in [-0.4, -0.2) is 40.8 Å². The topological polar surface area (TPSA) is 97.3 Å². The maximum atomic E-state index is 13.6. The first-order valence-corrected chi connectivity index (χ1v) is 13.6. The van der Waals surface area contributed by atoms with Crippen LogP contribution in [0.2, 0.25) is 0 Å². The van der Waals surface area contributed by atoms with Crippen LogP contribution in [0.25, 0.3) is 0 Å². The van der Waals surface area contributed by atoms with Crippen LogP contribution in [0.1, 0.15) is 52.0 Å². The highest BCUT2D eigenvalue weighted by molar-refractivity contribution is 7.92. The zero-order valence-corrected chi connectivity index (χ0v) is 22.8. The van der Waals surface area contributed by atoms with Crippen molar-refractivity contribution < 1.29 is 22.7 Å². The van der Waals surface area contributed by atoms with Gasteiger partial charge in [-0.25, -0.2) is 13.8 Å². The first-order chi connectivity index (χ1) is 17.0. The number of carbonyl (C=O) groups excluding carboxylic acids is 1. The number of ether oxygens (including phenoxy) is 2. The second-order valence-electron chi connectivity index (χ2n) is 10.2. The molecule has 3 rings (SSSR count). The smallest absolute Gasteiger partial charge is 0.264 e. The van der Waals surface area contributed by atoms with Crippen LogP contribution in [-0.2, 0) is 14.8 Å². The minimum absolute atomic E-state index is 0.0856. The van der Waals surface area contributed by atoms with E-state index in [2.05, 4.69) is 31.3 Å². The number of hydrogen-bond donors (Lipinski definition) is 1. The van der Waals surface area contributed by atoms with Crippen LogP contribution in [0, 0.1) is 18.3 Å². The predicted octanol–water partition coefficient (Wildman–Crippen LogP) is 4.92. The molecular weight excluding hydrogens is 478 g/mol. The minimum Gasteiger partial charge on any atom is -0.493 e. The van der Waals surface area contributed by atoms with Gasteiger partial charge in [0.05, 0.1) is 24.8 Å². The number of sulfonamides is 1. The molecule has 8 nitrogen and oxygen atoms in total. The van der Waals surface area contributed by atoms with Crippen molar-refractivity contribution in [3.05, 3.63) is 48.0 Å². The predicted molar refractivity (Wildman–Crippen MR) is 142 cm³/mol. The fraction of sp³-hybridized carbons (Fsp3) is 0.481. The molecule has 36 heavy (non-hydrogen) atoms. The van der Waals surface area contributed by atoms with Gasteiger partial charge < -0.3 is 9.47 Å². The highest BCUT2D eigenvalue weighted by Crippen LogP contribution is 2.37. The molecule has 2 aromatic carbocycles. The molecule has 1 saturated carbocycles. The van der Waals surface area contributed by atoms with E-state index < -0.39 is 22.5 Å². The molecular formula is C27H37N3O5S. The summed E-state index contributed by atoms with van der Waals surface area (Å²) in [6.45, 7) is 8.19. The van der Waals surface area contributed by atoms with Crippen LogP contribution < -0.4 is 19.2 Å². The van der Waals surface area contributed by atoms with Gasteiger partial charge in [0.2, 0.25) is 0 Å². The van der Waals surface area contributed by atoms with Gasteiger partial charge in [-0.15, -0.1) is 0 Å². The van der Waals surface area contributed by atoms with Gasteiger partial charge in [-0.1, -0.05) is 38.5 Å². The number of benzene rings is 2. The number of hydrogen-bond acceptors (Lipinski definition) is 6. The van der Waals surface area contributed by atoms with Gasteiger partial charge in [-0.3, -0.25) is 9.10 Å². The molecule has 196 valence electrons. The maximum Gasteiger partial charge on any atom is 0.264 e. The fourth-order valence-corrected chi connectivity index (χ4v) is 5.78. The standard InChI is InChI=1S/C27H37N3O5S/c1-19-7-14-23(15-8-19)36(32,33)30(22-13-16-24(34-5)25(17-22)35-6)18-26(31)29-28-21-11-9-20(10-12-21)27(2,3)4/h7-8,13-17,20H,9-12,18H2,1-6H3,(H,29,31). The molecule has 0 saturated heterocycles. The van der Waals surface area contributed by atoms with Gasteiger partial charge in [0.15, 0.2) is 11.5 Å². The van der Waals surface area contributed by atoms with E-state index in [-0.39, 0.29) is 16.0 Å². The Balaban J connectivity index is 1.84.